The molecule has 1 aromatic carbocycles. The van der Waals surface area contributed by atoms with Crippen LogP contribution < -0.4 is 5.73 Å². The lowest BCUT2D eigenvalue weighted by Gasteiger charge is -2.37. The maximum absolute atomic E-state index is 12.4. The summed E-state index contributed by atoms with van der Waals surface area (Å²) in [6, 6.07) is 5.01. The first-order valence-electron chi connectivity index (χ1n) is 6.90. The lowest BCUT2D eigenvalue weighted by atomic mass is 10.0. The molecule has 1 aromatic rings. The van der Waals surface area contributed by atoms with Gasteiger partial charge in [-0.1, -0.05) is 17.7 Å². The molecule has 2 rings (SSSR count). The Labute approximate surface area is 130 Å². The van der Waals surface area contributed by atoms with E-state index >= 15 is 0 Å². The number of nitrogen functional groups attached to an aromatic ring is 1. The topological polar surface area (TPSA) is 64.8 Å². The summed E-state index contributed by atoms with van der Waals surface area (Å²) in [6.07, 6.45) is -0.358. The Balaban J connectivity index is 2.24. The van der Waals surface area contributed by atoms with Gasteiger partial charge in [0.25, 0.3) is 0 Å². The Hall–Kier alpha value is -1.46. The third-order valence-corrected chi connectivity index (χ3v) is 3.47. The van der Waals surface area contributed by atoms with Crippen LogP contribution >= 0.6 is 11.6 Å². The van der Waals surface area contributed by atoms with E-state index in [9.17, 15) is 4.79 Å². The molecule has 0 aromatic heterocycles. The van der Waals surface area contributed by atoms with Gasteiger partial charge in [0.1, 0.15) is 5.60 Å². The minimum atomic E-state index is -0.537. The third-order valence-electron chi connectivity index (χ3n) is 3.14. The fraction of sp³-hybridized carbons (Fsp3) is 0.533. The zero-order chi connectivity index (χ0) is 15.6. The Morgan fingerprint density at radius 2 is 2.19 bits per heavy atom. The van der Waals surface area contributed by atoms with Crippen molar-refractivity contribution in [3.63, 3.8) is 0 Å². The third kappa shape index (κ3) is 4.02. The van der Waals surface area contributed by atoms with Crippen LogP contribution in [-0.4, -0.2) is 36.4 Å². The lowest BCUT2D eigenvalue weighted by molar-refractivity contribution is -0.0330. The van der Waals surface area contributed by atoms with E-state index in [4.69, 9.17) is 26.8 Å². The second-order valence-corrected chi connectivity index (χ2v) is 6.45. The van der Waals surface area contributed by atoms with Crippen LogP contribution in [0.25, 0.3) is 0 Å². The van der Waals surface area contributed by atoms with Gasteiger partial charge < -0.3 is 15.2 Å². The molecule has 116 valence electrons. The highest BCUT2D eigenvalue weighted by molar-refractivity contribution is 6.31. The van der Waals surface area contributed by atoms with Crippen LogP contribution in [0.4, 0.5) is 10.5 Å². The average Bonchev–Trinajstić information content (AvgIpc) is 2.37. The van der Waals surface area contributed by atoms with E-state index in [1.165, 1.54) is 0 Å². The van der Waals surface area contributed by atoms with Crippen LogP contribution in [0.5, 0.6) is 0 Å². The summed E-state index contributed by atoms with van der Waals surface area (Å²) >= 11 is 6.25. The normalized spacial score (nSPS) is 19.4. The number of amides is 1. The summed E-state index contributed by atoms with van der Waals surface area (Å²) < 4.78 is 10.9. The fourth-order valence-electron chi connectivity index (χ4n) is 2.21. The zero-order valence-corrected chi connectivity index (χ0v) is 13.3. The molecule has 1 atom stereocenters. The SMILES string of the molecule is CC(C)(C)OC(=O)N1CCOC[C@@H]1c1ccc(N)cc1Cl. The van der Waals surface area contributed by atoms with Crippen LogP contribution in [0.15, 0.2) is 18.2 Å². The molecule has 1 fully saturated rings. The Morgan fingerprint density at radius 1 is 1.48 bits per heavy atom. The number of carbonyl (C=O) groups excluding carboxylic acids is 1. The molecule has 6 heteroatoms. The van der Waals surface area contributed by atoms with Crippen molar-refractivity contribution in [2.75, 3.05) is 25.5 Å². The van der Waals surface area contributed by atoms with E-state index in [1.54, 1.807) is 17.0 Å². The van der Waals surface area contributed by atoms with Gasteiger partial charge in [0.05, 0.1) is 19.3 Å². The van der Waals surface area contributed by atoms with Gasteiger partial charge in [-0.2, -0.15) is 0 Å². The van der Waals surface area contributed by atoms with Crippen molar-refractivity contribution in [3.05, 3.63) is 28.8 Å². The number of benzene rings is 1. The highest BCUT2D eigenvalue weighted by atomic mass is 35.5. The molecular weight excluding hydrogens is 292 g/mol. The van der Waals surface area contributed by atoms with Gasteiger partial charge >= 0.3 is 6.09 Å². The number of halogens is 1. The van der Waals surface area contributed by atoms with Crippen molar-refractivity contribution < 1.29 is 14.3 Å². The number of morpholine rings is 1. The average molecular weight is 313 g/mol. The molecule has 0 radical (unpaired) electrons. The van der Waals surface area contributed by atoms with Gasteiger partial charge in [0.15, 0.2) is 0 Å². The molecule has 1 heterocycles. The predicted octanol–water partition coefficient (Wildman–Crippen LogP) is 3.23. The first-order valence-corrected chi connectivity index (χ1v) is 7.28. The van der Waals surface area contributed by atoms with E-state index in [0.717, 1.165) is 5.56 Å². The molecule has 2 N–H and O–H groups in total. The lowest BCUT2D eigenvalue weighted by Crippen LogP contribution is -2.45. The Bertz CT molecular complexity index is 528. The Morgan fingerprint density at radius 3 is 2.81 bits per heavy atom. The molecule has 1 amide bonds. The standard InChI is InChI=1S/C15H21ClN2O3/c1-15(2,3)21-14(19)18-6-7-20-9-13(18)11-5-4-10(17)8-12(11)16/h4-5,8,13H,6-7,9,17H2,1-3H3/t13-/m1/s1. The van der Waals surface area contributed by atoms with Crippen molar-refractivity contribution in [2.45, 2.75) is 32.4 Å². The molecule has 0 saturated carbocycles. The first-order chi connectivity index (χ1) is 9.78. The van der Waals surface area contributed by atoms with Crippen LogP contribution in [0.3, 0.4) is 0 Å². The van der Waals surface area contributed by atoms with E-state index in [2.05, 4.69) is 0 Å². The summed E-state index contributed by atoms with van der Waals surface area (Å²) in [5.74, 6) is 0. The van der Waals surface area contributed by atoms with Gasteiger partial charge in [-0.15, -0.1) is 0 Å². The highest BCUT2D eigenvalue weighted by Gasteiger charge is 2.33. The van der Waals surface area contributed by atoms with E-state index in [-0.39, 0.29) is 12.1 Å². The quantitative estimate of drug-likeness (QED) is 0.809. The minimum Gasteiger partial charge on any atom is -0.444 e. The van der Waals surface area contributed by atoms with Gasteiger partial charge in [0, 0.05) is 17.3 Å². The van der Waals surface area contributed by atoms with E-state index in [0.29, 0.717) is 30.5 Å². The second kappa shape index (κ2) is 6.12. The Kier molecular flexibility index (Phi) is 4.64. The molecular formula is C15H21ClN2O3. The summed E-state index contributed by atoms with van der Waals surface area (Å²) in [6.45, 7) is 6.88. The maximum Gasteiger partial charge on any atom is 0.410 e. The monoisotopic (exact) mass is 312 g/mol. The molecule has 0 spiro atoms. The van der Waals surface area contributed by atoms with Crippen molar-refractivity contribution in [2.24, 2.45) is 0 Å². The molecule has 1 aliphatic heterocycles. The largest absolute Gasteiger partial charge is 0.444 e. The van der Waals surface area contributed by atoms with Gasteiger partial charge in [-0.25, -0.2) is 4.79 Å². The van der Waals surface area contributed by atoms with E-state index in [1.807, 2.05) is 26.8 Å². The minimum absolute atomic E-state index is 0.262. The number of nitrogens with zero attached hydrogens (tertiary/aromatic N) is 1. The smallest absolute Gasteiger partial charge is 0.410 e. The fourth-order valence-corrected chi connectivity index (χ4v) is 2.53. The number of ether oxygens (including phenoxy) is 2. The molecule has 0 unspecified atom stereocenters. The molecule has 21 heavy (non-hydrogen) atoms. The summed E-state index contributed by atoms with van der Waals surface area (Å²) in [5, 5.41) is 0.527. The predicted molar refractivity (Wildman–Crippen MR) is 82.4 cm³/mol. The van der Waals surface area contributed by atoms with Crippen molar-refractivity contribution in [1.82, 2.24) is 4.90 Å². The van der Waals surface area contributed by atoms with Crippen molar-refractivity contribution in [3.8, 4) is 0 Å². The zero-order valence-electron chi connectivity index (χ0n) is 12.6. The van der Waals surface area contributed by atoms with Crippen LogP contribution in [-0.2, 0) is 9.47 Å². The van der Waals surface area contributed by atoms with Crippen LogP contribution in [0, 0.1) is 0 Å². The maximum atomic E-state index is 12.4. The van der Waals surface area contributed by atoms with Crippen molar-refractivity contribution in [1.29, 1.82) is 0 Å². The summed E-state index contributed by atoms with van der Waals surface area (Å²) in [7, 11) is 0. The highest BCUT2D eigenvalue weighted by Crippen LogP contribution is 2.32. The first kappa shape index (κ1) is 15.9. The molecule has 1 aliphatic rings. The summed E-state index contributed by atoms with van der Waals surface area (Å²) in [5.41, 5.74) is 6.58. The van der Waals surface area contributed by atoms with Crippen LogP contribution in [0.2, 0.25) is 5.02 Å². The summed E-state index contributed by atoms with van der Waals surface area (Å²) in [4.78, 5) is 14.0. The van der Waals surface area contributed by atoms with Gasteiger partial charge in [0.2, 0.25) is 0 Å². The molecule has 0 bridgehead atoms. The number of rotatable bonds is 1. The van der Waals surface area contributed by atoms with Gasteiger partial charge in [-0.05, 0) is 38.5 Å². The van der Waals surface area contributed by atoms with E-state index < -0.39 is 5.60 Å². The number of nitrogens with two attached hydrogens (primary N) is 1. The number of hydrogen-bond acceptors (Lipinski definition) is 4. The van der Waals surface area contributed by atoms with Crippen molar-refractivity contribution >= 4 is 23.4 Å². The number of carbonyl (C=O) groups is 1. The number of hydrogen-bond donors (Lipinski definition) is 1. The second-order valence-electron chi connectivity index (χ2n) is 6.05. The van der Waals surface area contributed by atoms with Gasteiger partial charge in [-0.3, -0.25) is 4.90 Å². The molecule has 1 saturated heterocycles. The van der Waals surface area contributed by atoms with Crippen LogP contribution in [0.1, 0.15) is 32.4 Å². The molecule has 5 nitrogen and oxygen atoms in total. The molecule has 0 aliphatic carbocycles. The number of anilines is 1.